The predicted molar refractivity (Wildman–Crippen MR) is 91.1 cm³/mol. The van der Waals surface area contributed by atoms with E-state index in [-0.39, 0.29) is 11.9 Å². The van der Waals surface area contributed by atoms with Gasteiger partial charge in [-0.1, -0.05) is 11.3 Å². The molecule has 1 aliphatic heterocycles. The first-order chi connectivity index (χ1) is 11.6. The predicted octanol–water partition coefficient (Wildman–Crippen LogP) is 1.81. The van der Waals surface area contributed by atoms with Crippen molar-refractivity contribution in [2.24, 2.45) is 0 Å². The molecule has 0 spiro atoms. The monoisotopic (exact) mass is 340 g/mol. The average molecular weight is 340 g/mol. The Balaban J connectivity index is 1.61. The SMILES string of the molecule is Cc1nc(-n2cccc2)sc1C(=O)N1CCc2cnc(N)nc2C1. The summed E-state index contributed by atoms with van der Waals surface area (Å²) in [4.78, 5) is 28.2. The Morgan fingerprint density at radius 2 is 2.08 bits per heavy atom. The van der Waals surface area contributed by atoms with Crippen molar-refractivity contribution in [3.05, 3.63) is 52.6 Å². The van der Waals surface area contributed by atoms with Crippen LogP contribution in [0, 0.1) is 6.92 Å². The van der Waals surface area contributed by atoms with Gasteiger partial charge in [0.2, 0.25) is 5.95 Å². The van der Waals surface area contributed by atoms with Gasteiger partial charge in [-0.3, -0.25) is 4.79 Å². The van der Waals surface area contributed by atoms with Crippen molar-refractivity contribution in [1.29, 1.82) is 0 Å². The Labute approximate surface area is 142 Å². The van der Waals surface area contributed by atoms with Gasteiger partial charge in [0.15, 0.2) is 5.13 Å². The molecule has 0 bridgehead atoms. The molecule has 8 heteroatoms. The molecule has 0 radical (unpaired) electrons. The lowest BCUT2D eigenvalue weighted by atomic mass is 10.1. The van der Waals surface area contributed by atoms with Gasteiger partial charge in [-0.15, -0.1) is 0 Å². The van der Waals surface area contributed by atoms with Crippen LogP contribution in [0.4, 0.5) is 5.95 Å². The number of amides is 1. The van der Waals surface area contributed by atoms with E-state index in [1.807, 2.05) is 36.0 Å². The number of rotatable bonds is 2. The zero-order valence-electron chi connectivity index (χ0n) is 13.1. The van der Waals surface area contributed by atoms with Crippen LogP contribution in [-0.4, -0.2) is 36.9 Å². The van der Waals surface area contributed by atoms with Crippen molar-refractivity contribution >= 4 is 23.2 Å². The molecule has 0 fully saturated rings. The van der Waals surface area contributed by atoms with Gasteiger partial charge in [0.25, 0.3) is 5.91 Å². The lowest BCUT2D eigenvalue weighted by Crippen LogP contribution is -2.36. The van der Waals surface area contributed by atoms with Crippen molar-refractivity contribution in [2.45, 2.75) is 19.9 Å². The van der Waals surface area contributed by atoms with Crippen molar-refractivity contribution in [3.8, 4) is 5.13 Å². The molecule has 0 aromatic carbocycles. The standard InChI is InChI=1S/C16H16N6OS/c1-10-13(24-16(19-10)21-5-2-3-6-21)14(23)22-7-4-11-8-18-15(17)20-12(11)9-22/h2-3,5-6,8H,4,7,9H2,1H3,(H2,17,18,20). The minimum Gasteiger partial charge on any atom is -0.368 e. The molecule has 3 aromatic heterocycles. The van der Waals surface area contributed by atoms with Gasteiger partial charge >= 0.3 is 0 Å². The second-order valence-corrected chi connectivity index (χ2v) is 6.66. The first-order valence-corrected chi connectivity index (χ1v) is 8.44. The first kappa shape index (κ1) is 14.8. The Morgan fingerprint density at radius 3 is 2.88 bits per heavy atom. The maximum atomic E-state index is 12.9. The van der Waals surface area contributed by atoms with Crippen LogP contribution in [0.3, 0.4) is 0 Å². The number of hydrogen-bond acceptors (Lipinski definition) is 6. The normalized spacial score (nSPS) is 13.8. The molecule has 0 saturated carbocycles. The number of anilines is 1. The summed E-state index contributed by atoms with van der Waals surface area (Å²) in [6.45, 7) is 2.97. The highest BCUT2D eigenvalue weighted by atomic mass is 32.1. The summed E-state index contributed by atoms with van der Waals surface area (Å²) in [5.74, 6) is 0.234. The molecule has 3 aromatic rings. The van der Waals surface area contributed by atoms with Crippen molar-refractivity contribution < 1.29 is 4.79 Å². The van der Waals surface area contributed by atoms with E-state index in [0.29, 0.717) is 18.0 Å². The highest BCUT2D eigenvalue weighted by Gasteiger charge is 2.26. The van der Waals surface area contributed by atoms with Crippen LogP contribution in [0.5, 0.6) is 0 Å². The second-order valence-electron chi connectivity index (χ2n) is 5.68. The summed E-state index contributed by atoms with van der Waals surface area (Å²) in [6.07, 6.45) is 6.33. The Hall–Kier alpha value is -2.74. The van der Waals surface area contributed by atoms with Gasteiger partial charge in [-0.2, -0.15) is 0 Å². The van der Waals surface area contributed by atoms with Crippen LogP contribution >= 0.6 is 11.3 Å². The molecule has 4 rings (SSSR count). The molecule has 4 heterocycles. The molecule has 1 aliphatic rings. The molecule has 24 heavy (non-hydrogen) atoms. The summed E-state index contributed by atoms with van der Waals surface area (Å²) in [7, 11) is 0. The van der Waals surface area contributed by atoms with Crippen molar-refractivity contribution in [1.82, 2.24) is 24.4 Å². The molecule has 1 amide bonds. The molecule has 7 nitrogen and oxygen atoms in total. The number of fused-ring (bicyclic) bond motifs is 1. The average Bonchev–Trinajstić information content (AvgIpc) is 3.23. The van der Waals surface area contributed by atoms with E-state index in [1.54, 1.807) is 11.1 Å². The first-order valence-electron chi connectivity index (χ1n) is 7.62. The lowest BCUT2D eigenvalue weighted by molar-refractivity contribution is 0.0735. The topological polar surface area (TPSA) is 89.9 Å². The number of carbonyl (C=O) groups is 1. The Morgan fingerprint density at radius 1 is 1.29 bits per heavy atom. The van der Waals surface area contributed by atoms with Gasteiger partial charge in [-0.05, 0) is 31.0 Å². The van der Waals surface area contributed by atoms with E-state index in [2.05, 4.69) is 15.0 Å². The van der Waals surface area contributed by atoms with Crippen LogP contribution in [-0.2, 0) is 13.0 Å². The van der Waals surface area contributed by atoms with Gasteiger partial charge in [0.05, 0.1) is 17.9 Å². The van der Waals surface area contributed by atoms with Gasteiger partial charge in [0, 0.05) is 25.1 Å². The lowest BCUT2D eigenvalue weighted by Gasteiger charge is -2.27. The number of aromatic nitrogens is 4. The van der Waals surface area contributed by atoms with Crippen LogP contribution in [0.15, 0.2) is 30.7 Å². The minimum absolute atomic E-state index is 0.00811. The number of thiazole rings is 1. The molecule has 0 unspecified atom stereocenters. The summed E-state index contributed by atoms with van der Waals surface area (Å²) in [5.41, 5.74) is 8.30. The molecule has 122 valence electrons. The van der Waals surface area contributed by atoms with Crippen molar-refractivity contribution in [2.75, 3.05) is 12.3 Å². The number of hydrogen-bond donors (Lipinski definition) is 1. The Bertz CT molecular complexity index is 901. The Kier molecular flexibility index (Phi) is 3.53. The molecule has 0 saturated heterocycles. The summed E-state index contributed by atoms with van der Waals surface area (Å²) >= 11 is 1.41. The van der Waals surface area contributed by atoms with E-state index in [1.165, 1.54) is 11.3 Å². The van der Waals surface area contributed by atoms with Gasteiger partial charge in [0.1, 0.15) is 4.88 Å². The quantitative estimate of drug-likeness (QED) is 0.768. The van der Waals surface area contributed by atoms with E-state index >= 15 is 0 Å². The summed E-state index contributed by atoms with van der Waals surface area (Å²) in [6, 6.07) is 3.87. The van der Waals surface area contributed by atoms with E-state index < -0.39 is 0 Å². The van der Waals surface area contributed by atoms with Crippen molar-refractivity contribution in [3.63, 3.8) is 0 Å². The molecular formula is C16H16N6OS. The zero-order valence-corrected chi connectivity index (χ0v) is 14.0. The molecule has 0 atom stereocenters. The smallest absolute Gasteiger partial charge is 0.266 e. The molecular weight excluding hydrogens is 324 g/mol. The van der Waals surface area contributed by atoms with E-state index in [4.69, 9.17) is 5.73 Å². The second kappa shape index (κ2) is 5.72. The van der Waals surface area contributed by atoms with E-state index in [9.17, 15) is 4.79 Å². The maximum Gasteiger partial charge on any atom is 0.266 e. The van der Waals surface area contributed by atoms with Crippen LogP contribution in [0.25, 0.3) is 5.13 Å². The van der Waals surface area contributed by atoms with Gasteiger partial charge < -0.3 is 15.2 Å². The third-order valence-corrected chi connectivity index (χ3v) is 5.22. The number of nitrogen functional groups attached to an aromatic ring is 1. The number of carbonyl (C=O) groups excluding carboxylic acids is 1. The fourth-order valence-electron chi connectivity index (χ4n) is 2.79. The third kappa shape index (κ3) is 2.54. The number of nitrogens with two attached hydrogens (primary N) is 1. The fourth-order valence-corrected chi connectivity index (χ4v) is 3.79. The molecule has 2 N–H and O–H groups in total. The third-order valence-electron chi connectivity index (χ3n) is 4.06. The van der Waals surface area contributed by atoms with Crippen LogP contribution < -0.4 is 5.73 Å². The largest absolute Gasteiger partial charge is 0.368 e. The number of aryl methyl sites for hydroxylation is 1. The number of nitrogens with zero attached hydrogens (tertiary/aromatic N) is 5. The highest BCUT2D eigenvalue weighted by molar-refractivity contribution is 7.16. The maximum absolute atomic E-state index is 12.9. The van der Waals surface area contributed by atoms with E-state index in [0.717, 1.165) is 28.5 Å². The highest BCUT2D eigenvalue weighted by Crippen LogP contribution is 2.26. The minimum atomic E-state index is -0.00811. The van der Waals surface area contributed by atoms with Gasteiger partial charge in [-0.25, -0.2) is 15.0 Å². The van der Waals surface area contributed by atoms with Crippen LogP contribution in [0.1, 0.15) is 26.6 Å². The summed E-state index contributed by atoms with van der Waals surface area (Å²) in [5, 5.41) is 0.796. The summed E-state index contributed by atoms with van der Waals surface area (Å²) < 4.78 is 1.91. The fraction of sp³-hybridized carbons (Fsp3) is 0.250. The molecule has 0 aliphatic carbocycles. The zero-order chi connectivity index (χ0) is 16.7. The van der Waals surface area contributed by atoms with Crippen LogP contribution in [0.2, 0.25) is 0 Å².